The van der Waals surface area contributed by atoms with Crippen LogP contribution in [0.5, 0.6) is 0 Å². The highest BCUT2D eigenvalue weighted by Crippen LogP contribution is 2.53. The summed E-state index contributed by atoms with van der Waals surface area (Å²) >= 11 is 0. The number of aromatic nitrogens is 4. The Morgan fingerprint density at radius 2 is 2.19 bits per heavy atom. The van der Waals surface area contributed by atoms with Gasteiger partial charge in [-0.2, -0.15) is 0 Å². The molecule has 2 saturated heterocycles. The molecule has 0 radical (unpaired) electrons. The predicted octanol–water partition coefficient (Wildman–Crippen LogP) is 1.69. The molecule has 1 amide bonds. The molecule has 1 unspecified atom stereocenters. The zero-order valence-corrected chi connectivity index (χ0v) is 16.6. The minimum absolute atomic E-state index is 0.289. The molecule has 2 aromatic rings. The maximum absolute atomic E-state index is 13.0. The van der Waals surface area contributed by atoms with E-state index in [1.807, 2.05) is 5.32 Å². The zero-order valence-electron chi connectivity index (χ0n) is 29.7. The van der Waals surface area contributed by atoms with Crippen LogP contribution in [0.25, 0.3) is 11.2 Å². The summed E-state index contributed by atoms with van der Waals surface area (Å²) in [5.74, 6) is -4.36. The lowest BCUT2D eigenvalue weighted by Crippen LogP contribution is -2.41. The lowest BCUT2D eigenvalue weighted by molar-refractivity contribution is -0.158. The van der Waals surface area contributed by atoms with E-state index in [-0.39, 0.29) is 11.2 Å². The van der Waals surface area contributed by atoms with Crippen LogP contribution in [-0.4, -0.2) is 61.2 Å². The van der Waals surface area contributed by atoms with Crippen molar-refractivity contribution in [2.24, 2.45) is 0 Å². The summed E-state index contributed by atoms with van der Waals surface area (Å²) in [6.07, 6.45) is -19.7. The second-order valence-electron chi connectivity index (χ2n) is 6.27. The van der Waals surface area contributed by atoms with Crippen LogP contribution in [0, 0.1) is 0 Å². The van der Waals surface area contributed by atoms with Gasteiger partial charge in [0.2, 0.25) is 5.91 Å². The molecule has 4 rings (SSSR count). The Morgan fingerprint density at radius 1 is 1.38 bits per heavy atom. The van der Waals surface area contributed by atoms with Gasteiger partial charge in [0, 0.05) is 31.9 Å². The molecule has 4 heterocycles. The van der Waals surface area contributed by atoms with E-state index in [4.69, 9.17) is 37.7 Å². The number of carbonyl (C=O) groups excluding carboxylic acids is 2. The van der Waals surface area contributed by atoms with Crippen molar-refractivity contribution < 1.29 is 56.8 Å². The average molecular weight is 483 g/mol. The summed E-state index contributed by atoms with van der Waals surface area (Å²) in [5.41, 5.74) is -0.632. The van der Waals surface area contributed by atoms with Crippen LogP contribution in [-0.2, 0) is 32.7 Å². The van der Waals surface area contributed by atoms with Crippen LogP contribution < -0.4 is 5.32 Å². The Bertz CT molecular complexity index is 1580. The van der Waals surface area contributed by atoms with Crippen LogP contribution in [0.3, 0.4) is 0 Å². The molecule has 13 nitrogen and oxygen atoms in total. The molecule has 2 aliphatic heterocycles. The van der Waals surface area contributed by atoms with Gasteiger partial charge >= 0.3 is 13.8 Å². The number of nitrogens with zero attached hydrogens (tertiary/aromatic N) is 4. The third-order valence-corrected chi connectivity index (χ3v) is 5.38. The molecule has 2 aliphatic rings. The van der Waals surface area contributed by atoms with Crippen LogP contribution in [0.4, 0.5) is 5.82 Å². The first-order valence-corrected chi connectivity index (χ1v) is 10.2. The minimum Gasteiger partial charge on any atom is -0.455 e. The number of nitrogens with one attached hydrogen (secondary N) is 1. The van der Waals surface area contributed by atoms with Crippen LogP contribution in [0.15, 0.2) is 12.7 Å². The number of esters is 1. The summed E-state index contributed by atoms with van der Waals surface area (Å²) in [5, 5.41) is 1.95. The Labute approximate surface area is 202 Å². The van der Waals surface area contributed by atoms with E-state index in [1.165, 1.54) is 0 Å². The Balaban J connectivity index is 1.72. The molecule has 2 aromatic heterocycles. The Kier molecular flexibility index (Phi) is 3.20. The van der Waals surface area contributed by atoms with Gasteiger partial charge in [0.05, 0.1) is 12.9 Å². The molecule has 0 bridgehead atoms. The third-order valence-electron chi connectivity index (χ3n) is 4.39. The lowest BCUT2D eigenvalue weighted by Gasteiger charge is -2.29. The molecule has 0 aromatic carbocycles. The first kappa shape index (κ1) is 11.1. The fourth-order valence-electron chi connectivity index (χ4n) is 3.20. The molecule has 2 fully saturated rings. The van der Waals surface area contributed by atoms with Gasteiger partial charge in [0.25, 0.3) is 0 Å². The molecule has 0 saturated carbocycles. The third kappa shape index (κ3) is 4.52. The summed E-state index contributed by atoms with van der Waals surface area (Å²) < 4.78 is 140. The lowest BCUT2D eigenvalue weighted by atomic mass is 10.1. The highest BCUT2D eigenvalue weighted by Gasteiger charge is 2.55. The first-order chi connectivity index (χ1) is 20.7. The van der Waals surface area contributed by atoms with Crippen LogP contribution in [0.2, 0.25) is 0 Å². The molecule has 14 heteroatoms. The highest BCUT2D eigenvalue weighted by atomic mass is 31.2. The van der Waals surface area contributed by atoms with Crippen molar-refractivity contribution in [3.63, 3.8) is 0 Å². The van der Waals surface area contributed by atoms with E-state index in [0.29, 0.717) is 0 Å². The van der Waals surface area contributed by atoms with Crippen molar-refractivity contribution >= 4 is 36.7 Å². The summed E-state index contributed by atoms with van der Waals surface area (Å²) in [4.78, 5) is 47.3. The Morgan fingerprint density at radius 3 is 3.00 bits per heavy atom. The van der Waals surface area contributed by atoms with Gasteiger partial charge in [-0.15, -0.1) is 0 Å². The van der Waals surface area contributed by atoms with Gasteiger partial charge in [-0.1, -0.05) is 13.7 Å². The molecular weight excluding hydrogens is 445 g/mol. The molecule has 0 aliphatic carbocycles. The number of ether oxygens (including phenoxy) is 2. The van der Waals surface area contributed by atoms with E-state index in [0.717, 1.165) is 17.2 Å². The maximum atomic E-state index is 13.0. The second-order valence-corrected chi connectivity index (χ2v) is 7.68. The van der Waals surface area contributed by atoms with Gasteiger partial charge in [-0.3, -0.25) is 23.2 Å². The molecule has 174 valence electrons. The molecule has 32 heavy (non-hydrogen) atoms. The number of phosphoric acid groups is 1. The smallest absolute Gasteiger partial charge is 0.455 e. The highest BCUT2D eigenvalue weighted by molar-refractivity contribution is 7.47. The second kappa shape index (κ2) is 9.20. The van der Waals surface area contributed by atoms with E-state index >= 15 is 0 Å². The van der Waals surface area contributed by atoms with E-state index in [1.54, 1.807) is 0 Å². The number of fused-ring (bicyclic) bond motifs is 2. The predicted molar refractivity (Wildman–Crippen MR) is 108 cm³/mol. The number of imidazole rings is 1. The van der Waals surface area contributed by atoms with E-state index in [2.05, 4.69) is 15.0 Å². The van der Waals surface area contributed by atoms with E-state index < -0.39 is 95.9 Å². The number of hydrogen-bond acceptors (Lipinski definition) is 10. The van der Waals surface area contributed by atoms with Crippen molar-refractivity contribution in [2.75, 3.05) is 11.9 Å². The van der Waals surface area contributed by atoms with Gasteiger partial charge in [-0.05, 0) is 12.7 Å². The van der Waals surface area contributed by atoms with Gasteiger partial charge < -0.3 is 19.7 Å². The summed E-state index contributed by atoms with van der Waals surface area (Å²) in [6.45, 7) is -7.82. The topological polar surface area (TPSA) is 164 Å². The normalized spacial score (nSPS) is 38.7. The van der Waals surface area contributed by atoms with Crippen molar-refractivity contribution in [1.82, 2.24) is 19.5 Å². The van der Waals surface area contributed by atoms with E-state index in [9.17, 15) is 19.0 Å². The van der Waals surface area contributed by atoms with Crippen molar-refractivity contribution in [1.29, 1.82) is 0 Å². The molecular formula is C18H24N5O8P. The standard InChI is InChI=1S/C18H24N5O8P/c1-3-5-11(24)22-16-13-17(20-8-19-16)23(9-21-13)18-15(30-12(25)6-4-2)14-10(29-18)7-28-32(26,27)31-14/h8-10,14-15,18H,3-7H2,1-2H3,(H,26,27)(H,19,20,22,24)/t10-,14-,15-,18-/m1/s1/i1D3,2D3,3D2,4D2,5D2,6D2. The van der Waals surface area contributed by atoms with Crippen LogP contribution >= 0.6 is 7.82 Å². The number of anilines is 1. The summed E-state index contributed by atoms with van der Waals surface area (Å²) in [6, 6.07) is 0. The molecule has 0 spiro atoms. The van der Waals surface area contributed by atoms with Gasteiger partial charge in [0.15, 0.2) is 29.3 Å². The van der Waals surface area contributed by atoms with Crippen molar-refractivity contribution in [3.8, 4) is 0 Å². The SMILES string of the molecule is [2H]C([2H])([2H])C([2H])([2H])C([2H])([2H])C(=O)Nc1ncnc2c1ncn2[C@@H]1O[C@@H]2COP(=O)(O)O[C@H]2[C@H]1OC(=O)C([2H])([2H])C([2H])([2H])C([2H])([2H])[2H]. The number of carbonyl (C=O) groups is 2. The first-order valence-electron chi connectivity index (χ1n) is 15.7. The quantitative estimate of drug-likeness (QED) is 0.435. The molecule has 5 atom stereocenters. The van der Waals surface area contributed by atoms with Gasteiger partial charge in [0.1, 0.15) is 18.5 Å². The summed E-state index contributed by atoms with van der Waals surface area (Å²) in [7, 11) is -4.79. The van der Waals surface area contributed by atoms with Gasteiger partial charge in [-0.25, -0.2) is 19.5 Å². The number of hydrogen-bond donors (Lipinski definition) is 2. The number of phosphoric ester groups is 1. The number of rotatable bonds is 7. The largest absolute Gasteiger partial charge is 0.472 e. The fourth-order valence-corrected chi connectivity index (χ4v) is 4.16. The van der Waals surface area contributed by atoms with Crippen molar-refractivity contribution in [2.45, 2.75) is 63.7 Å². The van der Waals surface area contributed by atoms with Crippen molar-refractivity contribution in [3.05, 3.63) is 12.7 Å². The minimum atomic E-state index is -4.79. The zero-order chi connectivity index (χ0) is 35.1. The maximum Gasteiger partial charge on any atom is 0.472 e. The fraction of sp³-hybridized carbons (Fsp3) is 0.611. The monoisotopic (exact) mass is 483 g/mol. The van der Waals surface area contributed by atoms with Crippen LogP contribution in [0.1, 0.15) is 64.6 Å². The Hall–Kier alpha value is -2.44. The molecule has 2 N–H and O–H groups in total. The average Bonchev–Trinajstić information content (AvgIpc) is 3.48. The number of amides is 1.